The molecule has 0 aliphatic carbocycles. The van der Waals surface area contributed by atoms with Gasteiger partial charge in [-0.2, -0.15) is 0 Å². The molecule has 6 nitrogen and oxygen atoms in total. The van der Waals surface area contributed by atoms with Gasteiger partial charge in [-0.1, -0.05) is 24.4 Å². The summed E-state index contributed by atoms with van der Waals surface area (Å²) in [4.78, 5) is 22.2. The molecular weight excluding hydrogens is 317 g/mol. The minimum Gasteiger partial charge on any atom is -0.449 e. The topological polar surface area (TPSA) is 82.4 Å². The van der Waals surface area contributed by atoms with Crippen molar-refractivity contribution < 1.29 is 9.52 Å². The van der Waals surface area contributed by atoms with E-state index in [1.807, 2.05) is 32.3 Å². The molecule has 1 atom stereocenters. The van der Waals surface area contributed by atoms with Crippen LogP contribution in [0, 0.1) is 5.92 Å². The first kappa shape index (κ1) is 16.4. The first-order valence-electron chi connectivity index (χ1n) is 8.76. The minimum atomic E-state index is -0.242. The molecule has 1 aliphatic rings. The van der Waals surface area contributed by atoms with E-state index < -0.39 is 0 Å². The first-order valence-corrected chi connectivity index (χ1v) is 8.76. The van der Waals surface area contributed by atoms with Gasteiger partial charge < -0.3 is 14.5 Å². The highest BCUT2D eigenvalue weighted by atomic mass is 16.3. The summed E-state index contributed by atoms with van der Waals surface area (Å²) in [6.45, 7) is 4.55. The number of aromatic amines is 1. The van der Waals surface area contributed by atoms with Crippen molar-refractivity contribution in [1.82, 2.24) is 14.9 Å². The van der Waals surface area contributed by atoms with Gasteiger partial charge >= 0.3 is 0 Å². The lowest BCUT2D eigenvalue weighted by atomic mass is 9.73. The average molecular weight is 338 g/mol. The van der Waals surface area contributed by atoms with Crippen molar-refractivity contribution in [3.63, 3.8) is 0 Å². The molecule has 1 radical (unpaired) electrons. The van der Waals surface area contributed by atoms with Crippen LogP contribution in [-0.2, 0) is 6.54 Å². The number of aliphatic hydroxyl groups is 1. The monoisotopic (exact) mass is 338 g/mol. The Morgan fingerprint density at radius 1 is 1.48 bits per heavy atom. The number of fused-ring (bicyclic) bond motifs is 3. The van der Waals surface area contributed by atoms with E-state index in [4.69, 9.17) is 4.42 Å². The largest absolute Gasteiger partial charge is 0.449 e. The fourth-order valence-electron chi connectivity index (χ4n) is 3.63. The highest BCUT2D eigenvalue weighted by Crippen LogP contribution is 2.24. The normalized spacial score (nSPS) is 18.9. The SMILES string of the molecule is C[B]c1ccc2oc3c(=O)[nH]c(CN4CCCC(CO)C4)nc3c2c1. The van der Waals surface area contributed by atoms with Crippen LogP contribution in [0.15, 0.2) is 27.4 Å². The number of aromatic nitrogens is 2. The lowest BCUT2D eigenvalue weighted by Crippen LogP contribution is -2.37. The van der Waals surface area contributed by atoms with Gasteiger partial charge in [0.05, 0.1) is 6.54 Å². The van der Waals surface area contributed by atoms with Gasteiger partial charge in [0.2, 0.25) is 5.58 Å². The summed E-state index contributed by atoms with van der Waals surface area (Å²) in [6, 6.07) is 5.84. The Labute approximate surface area is 146 Å². The Kier molecular flexibility index (Phi) is 4.35. The first-order chi connectivity index (χ1) is 12.2. The van der Waals surface area contributed by atoms with E-state index in [1.165, 1.54) is 0 Å². The van der Waals surface area contributed by atoms with Gasteiger partial charge in [-0.3, -0.25) is 9.69 Å². The molecule has 25 heavy (non-hydrogen) atoms. The second-order valence-corrected chi connectivity index (χ2v) is 6.76. The maximum Gasteiger partial charge on any atom is 0.294 e. The number of nitrogens with one attached hydrogen (secondary N) is 1. The summed E-state index contributed by atoms with van der Waals surface area (Å²) < 4.78 is 5.70. The summed E-state index contributed by atoms with van der Waals surface area (Å²) in [5.41, 5.74) is 2.40. The third-order valence-corrected chi connectivity index (χ3v) is 4.96. The summed E-state index contributed by atoms with van der Waals surface area (Å²) in [6.07, 6.45) is 2.11. The Bertz CT molecular complexity index is 965. The van der Waals surface area contributed by atoms with E-state index in [0.29, 0.717) is 29.4 Å². The summed E-state index contributed by atoms with van der Waals surface area (Å²) in [5.74, 6) is 0.950. The van der Waals surface area contributed by atoms with E-state index in [0.717, 1.165) is 36.8 Å². The molecule has 0 spiro atoms. The predicted molar refractivity (Wildman–Crippen MR) is 98.5 cm³/mol. The second kappa shape index (κ2) is 6.65. The zero-order chi connectivity index (χ0) is 17.4. The van der Waals surface area contributed by atoms with Crippen LogP contribution in [0.5, 0.6) is 0 Å². The molecule has 1 aromatic carbocycles. The van der Waals surface area contributed by atoms with Crippen LogP contribution in [0.1, 0.15) is 18.7 Å². The summed E-state index contributed by atoms with van der Waals surface area (Å²) in [7, 11) is 2.01. The fraction of sp³-hybridized carbons (Fsp3) is 0.444. The van der Waals surface area contributed by atoms with E-state index in [2.05, 4.69) is 14.9 Å². The number of nitrogens with zero attached hydrogens (tertiary/aromatic N) is 2. The molecule has 1 unspecified atom stereocenters. The molecule has 1 saturated heterocycles. The Balaban J connectivity index is 1.72. The lowest BCUT2D eigenvalue weighted by molar-refractivity contribution is 0.114. The molecule has 2 aromatic heterocycles. The van der Waals surface area contributed by atoms with Crippen molar-refractivity contribution in [1.29, 1.82) is 0 Å². The van der Waals surface area contributed by atoms with Crippen LogP contribution in [0.2, 0.25) is 6.82 Å². The lowest BCUT2D eigenvalue weighted by Gasteiger charge is -2.31. The maximum atomic E-state index is 12.4. The van der Waals surface area contributed by atoms with Gasteiger partial charge in [0, 0.05) is 18.5 Å². The molecule has 1 aliphatic heterocycles. The van der Waals surface area contributed by atoms with Crippen LogP contribution in [0.25, 0.3) is 22.1 Å². The number of piperidine rings is 1. The van der Waals surface area contributed by atoms with E-state index in [-0.39, 0.29) is 17.7 Å². The molecule has 1 fully saturated rings. The minimum absolute atomic E-state index is 0.210. The van der Waals surface area contributed by atoms with Crippen LogP contribution in [0.4, 0.5) is 0 Å². The molecule has 0 saturated carbocycles. The maximum absolute atomic E-state index is 12.4. The predicted octanol–water partition coefficient (Wildman–Crippen LogP) is 1.25. The van der Waals surface area contributed by atoms with Crippen molar-refractivity contribution >= 4 is 34.8 Å². The van der Waals surface area contributed by atoms with Crippen molar-refractivity contribution in [2.24, 2.45) is 5.92 Å². The zero-order valence-electron chi connectivity index (χ0n) is 14.3. The Morgan fingerprint density at radius 2 is 2.36 bits per heavy atom. The Morgan fingerprint density at radius 3 is 3.16 bits per heavy atom. The van der Waals surface area contributed by atoms with E-state index in [1.54, 1.807) is 0 Å². The molecule has 4 rings (SSSR count). The molecule has 2 N–H and O–H groups in total. The summed E-state index contributed by atoms with van der Waals surface area (Å²) >= 11 is 0. The van der Waals surface area contributed by atoms with Gasteiger partial charge in [0.1, 0.15) is 24.2 Å². The van der Waals surface area contributed by atoms with Crippen LogP contribution < -0.4 is 11.0 Å². The number of H-pyrrole nitrogens is 1. The highest BCUT2D eigenvalue weighted by Gasteiger charge is 2.21. The van der Waals surface area contributed by atoms with Crippen molar-refractivity contribution in [2.45, 2.75) is 26.2 Å². The molecular formula is C18H21BN3O3. The number of hydrogen-bond donors (Lipinski definition) is 2. The third-order valence-electron chi connectivity index (χ3n) is 4.96. The van der Waals surface area contributed by atoms with Crippen LogP contribution >= 0.6 is 0 Å². The number of benzene rings is 1. The van der Waals surface area contributed by atoms with Crippen molar-refractivity contribution in [3.8, 4) is 0 Å². The number of hydrogen-bond acceptors (Lipinski definition) is 5. The zero-order valence-corrected chi connectivity index (χ0v) is 14.3. The van der Waals surface area contributed by atoms with Crippen molar-refractivity contribution in [2.75, 3.05) is 19.7 Å². The standard InChI is InChI=1S/C18H21BN3O3/c1-19-12-4-5-14-13(7-12)16-17(25-14)18(24)21-15(20-16)9-22-6-2-3-11(8-22)10-23/h4-5,7,11,23H,2-3,6,8-10H2,1H3,(H,20,21,24). The van der Waals surface area contributed by atoms with Crippen LogP contribution in [-0.4, -0.2) is 47.0 Å². The van der Waals surface area contributed by atoms with Gasteiger partial charge in [0.25, 0.3) is 5.56 Å². The number of furan rings is 1. The molecule has 0 bridgehead atoms. The fourth-order valence-corrected chi connectivity index (χ4v) is 3.63. The molecule has 7 heteroatoms. The molecule has 3 aromatic rings. The number of rotatable bonds is 4. The van der Waals surface area contributed by atoms with Gasteiger partial charge in [-0.15, -0.1) is 0 Å². The van der Waals surface area contributed by atoms with Crippen molar-refractivity contribution in [3.05, 3.63) is 34.4 Å². The molecule has 3 heterocycles. The second-order valence-electron chi connectivity index (χ2n) is 6.76. The van der Waals surface area contributed by atoms with E-state index in [9.17, 15) is 9.90 Å². The summed E-state index contributed by atoms with van der Waals surface area (Å²) in [5, 5.41) is 10.3. The highest BCUT2D eigenvalue weighted by molar-refractivity contribution is 6.52. The smallest absolute Gasteiger partial charge is 0.294 e. The van der Waals surface area contributed by atoms with Gasteiger partial charge in [-0.05, 0) is 31.4 Å². The van der Waals surface area contributed by atoms with Gasteiger partial charge in [-0.25, -0.2) is 4.98 Å². The number of aliphatic hydroxyl groups excluding tert-OH is 1. The van der Waals surface area contributed by atoms with Gasteiger partial charge in [0.15, 0.2) is 0 Å². The Hall–Kier alpha value is -2.12. The molecule has 129 valence electrons. The quantitative estimate of drug-likeness (QED) is 0.700. The third kappa shape index (κ3) is 3.09. The molecule has 0 amide bonds. The average Bonchev–Trinajstić information content (AvgIpc) is 3.00. The van der Waals surface area contributed by atoms with Crippen LogP contribution in [0.3, 0.4) is 0 Å². The van der Waals surface area contributed by atoms with E-state index >= 15 is 0 Å². The number of likely N-dealkylation sites (tertiary alicyclic amines) is 1.